The largest absolute Gasteiger partial charge is 0.497 e. The first kappa shape index (κ1) is 10.9. The Morgan fingerprint density at radius 2 is 2.04 bits per heavy atom. The van der Waals surface area contributed by atoms with E-state index in [-0.39, 0.29) is 11.3 Å². The molecule has 0 spiro atoms. The van der Waals surface area contributed by atoms with Crippen LogP contribution in [0.3, 0.4) is 0 Å². The van der Waals surface area contributed by atoms with E-state index in [1.54, 1.807) is 30.3 Å². The van der Waals surface area contributed by atoms with Crippen molar-refractivity contribution in [3.63, 3.8) is 0 Å². The number of hydrogen-bond donors (Lipinski definition) is 1. The van der Waals surface area contributed by atoms with Crippen LogP contribution in [0.2, 0.25) is 5.02 Å². The van der Waals surface area contributed by atoms with Crippen LogP contribution >= 0.6 is 11.6 Å². The molecule has 0 bridgehead atoms. The van der Waals surface area contributed by atoms with Gasteiger partial charge < -0.3 is 4.74 Å². The maximum Gasteiger partial charge on any atom is 0.280 e. The van der Waals surface area contributed by atoms with Crippen molar-refractivity contribution in [3.05, 3.63) is 64.0 Å². The van der Waals surface area contributed by atoms with Gasteiger partial charge in [0, 0.05) is 16.6 Å². The predicted molar refractivity (Wildman–Crippen MR) is 90.8 cm³/mol. The van der Waals surface area contributed by atoms with Gasteiger partial charge in [-0.2, -0.15) is 0 Å². The van der Waals surface area contributed by atoms with Gasteiger partial charge in [-0.1, -0.05) is 11.6 Å². The molecule has 0 radical (unpaired) electrons. The summed E-state index contributed by atoms with van der Waals surface area (Å²) in [6.45, 7) is 0. The molecule has 114 valence electrons. The standard InChI is InChI=1S/C17H12ClN3O2/c1-23-12-5-3-11(4-6-12)21-17(22)14-9-19-15-7-2-10(18)8-13(15)16(14)20-21/h2-9,20H,1H3/i1D3. The van der Waals surface area contributed by atoms with Gasteiger partial charge in [0.2, 0.25) is 0 Å². The molecule has 2 aromatic carbocycles. The zero-order valence-corrected chi connectivity index (χ0v) is 12.5. The van der Waals surface area contributed by atoms with E-state index in [2.05, 4.69) is 10.1 Å². The number of benzene rings is 2. The summed E-state index contributed by atoms with van der Waals surface area (Å²) in [5.74, 6) is 0.191. The fraction of sp³-hybridized carbons (Fsp3) is 0.0588. The van der Waals surface area contributed by atoms with Crippen LogP contribution in [0, 0.1) is 0 Å². The number of H-pyrrole nitrogens is 1. The van der Waals surface area contributed by atoms with Crippen LogP contribution < -0.4 is 10.3 Å². The summed E-state index contributed by atoms with van der Waals surface area (Å²) in [5.41, 5.74) is 1.63. The second-order valence-electron chi connectivity index (χ2n) is 5.06. The van der Waals surface area contributed by atoms with E-state index in [1.165, 1.54) is 23.0 Å². The number of halogens is 1. The van der Waals surface area contributed by atoms with Crippen LogP contribution in [0.25, 0.3) is 27.5 Å². The van der Waals surface area contributed by atoms with Gasteiger partial charge in [-0.3, -0.25) is 14.9 Å². The minimum Gasteiger partial charge on any atom is -0.497 e. The SMILES string of the molecule is [2H]C([2H])([2H])Oc1ccc(-n2[nH]c3c(cnc4ccc(Cl)cc43)c2=O)cc1. The van der Waals surface area contributed by atoms with Crippen LogP contribution in [-0.2, 0) is 0 Å². The summed E-state index contributed by atoms with van der Waals surface area (Å²) in [7, 11) is -2.52. The van der Waals surface area contributed by atoms with Gasteiger partial charge in [-0.15, -0.1) is 0 Å². The highest BCUT2D eigenvalue weighted by atomic mass is 35.5. The molecule has 0 saturated carbocycles. The summed E-state index contributed by atoms with van der Waals surface area (Å²) in [5, 5.41) is 4.80. The predicted octanol–water partition coefficient (Wildman–Crippen LogP) is 3.53. The molecule has 0 fully saturated rings. The van der Waals surface area contributed by atoms with Gasteiger partial charge in [0.15, 0.2) is 0 Å². The van der Waals surface area contributed by atoms with Crippen molar-refractivity contribution in [3.8, 4) is 11.4 Å². The first-order valence-electron chi connectivity index (χ1n) is 8.30. The molecule has 2 aromatic heterocycles. The average Bonchev–Trinajstić information content (AvgIpc) is 2.92. The number of aromatic amines is 1. The molecule has 0 amide bonds. The molecule has 0 aliphatic carbocycles. The van der Waals surface area contributed by atoms with Crippen molar-refractivity contribution in [2.45, 2.75) is 0 Å². The average molecular weight is 329 g/mol. The number of nitrogens with one attached hydrogen (secondary N) is 1. The maximum absolute atomic E-state index is 12.7. The van der Waals surface area contributed by atoms with Crippen LogP contribution in [0.5, 0.6) is 5.75 Å². The number of methoxy groups -OCH3 is 1. The van der Waals surface area contributed by atoms with E-state index in [0.29, 0.717) is 21.6 Å². The summed E-state index contributed by atoms with van der Waals surface area (Å²) in [6, 6.07) is 11.5. The van der Waals surface area contributed by atoms with Crippen LogP contribution in [0.4, 0.5) is 0 Å². The van der Waals surface area contributed by atoms with E-state index in [4.69, 9.17) is 20.5 Å². The van der Waals surface area contributed by atoms with Crippen molar-refractivity contribution < 1.29 is 8.85 Å². The van der Waals surface area contributed by atoms with Crippen molar-refractivity contribution in [1.82, 2.24) is 14.8 Å². The van der Waals surface area contributed by atoms with E-state index in [1.807, 2.05) is 0 Å². The topological polar surface area (TPSA) is 59.9 Å². The Morgan fingerprint density at radius 1 is 1.22 bits per heavy atom. The fourth-order valence-electron chi connectivity index (χ4n) is 2.58. The van der Waals surface area contributed by atoms with Gasteiger partial charge in [-0.05, 0) is 42.5 Å². The number of fused-ring (bicyclic) bond motifs is 3. The number of ether oxygens (including phenoxy) is 1. The highest BCUT2D eigenvalue weighted by Gasteiger charge is 2.12. The minimum absolute atomic E-state index is 0.191. The third-order valence-electron chi connectivity index (χ3n) is 3.70. The van der Waals surface area contributed by atoms with Crippen molar-refractivity contribution in [2.75, 3.05) is 7.04 Å². The Morgan fingerprint density at radius 3 is 2.83 bits per heavy atom. The Labute approximate surface area is 140 Å². The third-order valence-corrected chi connectivity index (χ3v) is 3.93. The van der Waals surface area contributed by atoms with Gasteiger partial charge in [0.25, 0.3) is 5.56 Å². The molecule has 2 heterocycles. The molecule has 4 aromatic rings. The monoisotopic (exact) mass is 328 g/mol. The molecule has 0 unspecified atom stereocenters. The molecular formula is C17H12ClN3O2. The highest BCUT2D eigenvalue weighted by molar-refractivity contribution is 6.31. The Hall–Kier alpha value is -2.79. The molecule has 0 saturated heterocycles. The van der Waals surface area contributed by atoms with Gasteiger partial charge in [-0.25, -0.2) is 4.68 Å². The van der Waals surface area contributed by atoms with Gasteiger partial charge in [0.05, 0.1) is 33.3 Å². The summed E-state index contributed by atoms with van der Waals surface area (Å²) in [6.07, 6.45) is 1.52. The normalized spacial score (nSPS) is 13.7. The lowest BCUT2D eigenvalue weighted by molar-refractivity contribution is 0.414. The van der Waals surface area contributed by atoms with Crippen LogP contribution in [-0.4, -0.2) is 21.8 Å². The molecule has 23 heavy (non-hydrogen) atoms. The first-order chi connectivity index (χ1) is 12.3. The molecule has 0 aliphatic heterocycles. The van der Waals surface area contributed by atoms with Crippen LogP contribution in [0.1, 0.15) is 4.11 Å². The Kier molecular flexibility index (Phi) is 2.43. The second-order valence-corrected chi connectivity index (χ2v) is 5.49. The van der Waals surface area contributed by atoms with E-state index in [0.717, 1.165) is 10.9 Å². The Bertz CT molecular complexity index is 1180. The first-order valence-corrected chi connectivity index (χ1v) is 7.18. The second kappa shape index (κ2) is 5.14. The van der Waals surface area contributed by atoms with Gasteiger partial charge >= 0.3 is 0 Å². The molecule has 6 heteroatoms. The number of rotatable bonds is 2. The molecule has 5 nitrogen and oxygen atoms in total. The number of hydrogen-bond acceptors (Lipinski definition) is 3. The highest BCUT2D eigenvalue weighted by Crippen LogP contribution is 2.24. The quantitative estimate of drug-likeness (QED) is 0.612. The lowest BCUT2D eigenvalue weighted by Gasteiger charge is -2.03. The van der Waals surface area contributed by atoms with E-state index in [9.17, 15) is 4.79 Å². The lowest BCUT2D eigenvalue weighted by atomic mass is 10.2. The molecular weight excluding hydrogens is 314 g/mol. The molecule has 0 aliphatic rings. The lowest BCUT2D eigenvalue weighted by Crippen LogP contribution is -2.14. The number of pyridine rings is 1. The Balaban J connectivity index is 1.84. The van der Waals surface area contributed by atoms with Crippen molar-refractivity contribution in [2.24, 2.45) is 0 Å². The summed E-state index contributed by atoms with van der Waals surface area (Å²) >= 11 is 6.07. The minimum atomic E-state index is -2.52. The molecule has 0 atom stereocenters. The summed E-state index contributed by atoms with van der Waals surface area (Å²) < 4.78 is 27.6. The number of aromatic nitrogens is 3. The van der Waals surface area contributed by atoms with Crippen molar-refractivity contribution in [1.29, 1.82) is 0 Å². The maximum atomic E-state index is 12.7. The van der Waals surface area contributed by atoms with E-state index < -0.39 is 7.04 Å². The zero-order valence-electron chi connectivity index (χ0n) is 14.7. The molecule has 4 rings (SSSR count). The fourth-order valence-corrected chi connectivity index (χ4v) is 2.75. The summed E-state index contributed by atoms with van der Waals surface area (Å²) in [4.78, 5) is 17.0. The number of nitrogens with zero attached hydrogens (tertiary/aromatic N) is 2. The van der Waals surface area contributed by atoms with Crippen LogP contribution in [0.15, 0.2) is 53.5 Å². The smallest absolute Gasteiger partial charge is 0.280 e. The zero-order chi connectivity index (χ0) is 18.5. The molecule has 1 N–H and O–H groups in total. The third kappa shape index (κ3) is 2.17. The van der Waals surface area contributed by atoms with Gasteiger partial charge in [0.1, 0.15) is 5.75 Å². The van der Waals surface area contributed by atoms with Crippen molar-refractivity contribution >= 4 is 33.4 Å². The van der Waals surface area contributed by atoms with E-state index >= 15 is 0 Å².